The summed E-state index contributed by atoms with van der Waals surface area (Å²) in [5.74, 6) is 0. The first-order valence-electron chi connectivity index (χ1n) is 7.71. The SMILES string of the molecule is CC(CNC(=O)OC(C)(C)C)NC1C[C@H](C)Sc2sccc21. The molecule has 0 fully saturated rings. The number of ether oxygens (including phenoxy) is 1. The van der Waals surface area contributed by atoms with E-state index in [1.807, 2.05) is 43.9 Å². The van der Waals surface area contributed by atoms with Gasteiger partial charge in [0.15, 0.2) is 0 Å². The zero-order valence-corrected chi connectivity index (χ0v) is 15.6. The van der Waals surface area contributed by atoms with Crippen molar-refractivity contribution in [3.8, 4) is 0 Å². The second-order valence-electron chi connectivity index (χ2n) is 6.83. The number of amides is 1. The van der Waals surface area contributed by atoms with Crippen LogP contribution >= 0.6 is 23.1 Å². The van der Waals surface area contributed by atoms with E-state index in [9.17, 15) is 4.79 Å². The Bertz CT molecular complexity index is 510. The van der Waals surface area contributed by atoms with Gasteiger partial charge in [-0.05, 0) is 51.1 Å². The first kappa shape index (κ1) is 17.6. The van der Waals surface area contributed by atoms with Crippen molar-refractivity contribution in [2.45, 2.75) is 68.2 Å². The lowest BCUT2D eigenvalue weighted by atomic mass is 10.0. The van der Waals surface area contributed by atoms with Crippen molar-refractivity contribution in [3.63, 3.8) is 0 Å². The van der Waals surface area contributed by atoms with Crippen molar-refractivity contribution in [2.24, 2.45) is 0 Å². The van der Waals surface area contributed by atoms with Gasteiger partial charge in [-0.25, -0.2) is 4.79 Å². The summed E-state index contributed by atoms with van der Waals surface area (Å²) in [6, 6.07) is 2.78. The van der Waals surface area contributed by atoms with Crippen LogP contribution in [0.15, 0.2) is 15.7 Å². The van der Waals surface area contributed by atoms with Gasteiger partial charge in [0, 0.05) is 23.9 Å². The highest BCUT2D eigenvalue weighted by Gasteiger charge is 2.27. The van der Waals surface area contributed by atoms with Gasteiger partial charge in [0.05, 0.1) is 4.21 Å². The molecule has 124 valence electrons. The van der Waals surface area contributed by atoms with E-state index in [2.05, 4.69) is 35.9 Å². The van der Waals surface area contributed by atoms with Crippen LogP contribution in [-0.4, -0.2) is 29.5 Å². The predicted octanol–water partition coefficient (Wildman–Crippen LogP) is 4.18. The smallest absolute Gasteiger partial charge is 0.407 e. The third-order valence-corrected chi connectivity index (χ3v) is 5.69. The molecule has 0 spiro atoms. The highest BCUT2D eigenvalue weighted by Crippen LogP contribution is 2.43. The molecule has 1 aromatic heterocycles. The molecule has 3 atom stereocenters. The van der Waals surface area contributed by atoms with Crippen LogP contribution in [0.4, 0.5) is 4.79 Å². The molecule has 2 heterocycles. The Morgan fingerprint density at radius 2 is 2.23 bits per heavy atom. The van der Waals surface area contributed by atoms with E-state index in [0.717, 1.165) is 6.42 Å². The van der Waals surface area contributed by atoms with E-state index in [-0.39, 0.29) is 12.1 Å². The molecule has 0 aliphatic carbocycles. The fraction of sp³-hybridized carbons (Fsp3) is 0.688. The molecule has 1 aliphatic rings. The van der Waals surface area contributed by atoms with Crippen molar-refractivity contribution in [1.29, 1.82) is 0 Å². The Labute approximate surface area is 141 Å². The molecule has 0 saturated carbocycles. The van der Waals surface area contributed by atoms with Crippen molar-refractivity contribution >= 4 is 29.2 Å². The van der Waals surface area contributed by atoms with Crippen molar-refractivity contribution in [2.75, 3.05) is 6.54 Å². The van der Waals surface area contributed by atoms with Gasteiger partial charge >= 0.3 is 6.09 Å². The molecule has 22 heavy (non-hydrogen) atoms. The Morgan fingerprint density at radius 3 is 2.91 bits per heavy atom. The molecule has 2 N–H and O–H groups in total. The molecule has 1 aliphatic heterocycles. The second-order valence-corrected chi connectivity index (χ2v) is 9.45. The van der Waals surface area contributed by atoms with Gasteiger partial charge in [0.1, 0.15) is 5.60 Å². The standard InChI is InChI=1S/C16H26N2O2S2/c1-10(9-17-15(19)20-16(3,4)5)18-13-8-11(2)22-14-12(13)6-7-21-14/h6-7,10-11,13,18H,8-9H2,1-5H3,(H,17,19)/t10?,11-,13?/m0/s1. The van der Waals surface area contributed by atoms with Gasteiger partial charge in [0.2, 0.25) is 0 Å². The molecular weight excluding hydrogens is 316 g/mol. The summed E-state index contributed by atoms with van der Waals surface area (Å²) in [6.07, 6.45) is 0.760. The van der Waals surface area contributed by atoms with Crippen LogP contribution < -0.4 is 10.6 Å². The van der Waals surface area contributed by atoms with E-state index in [0.29, 0.717) is 17.8 Å². The summed E-state index contributed by atoms with van der Waals surface area (Å²) in [4.78, 5) is 11.7. The van der Waals surface area contributed by atoms with E-state index in [1.54, 1.807) is 0 Å². The molecule has 2 rings (SSSR count). The molecule has 1 aromatic rings. The lowest BCUT2D eigenvalue weighted by molar-refractivity contribution is 0.0522. The summed E-state index contributed by atoms with van der Waals surface area (Å²) in [5.41, 5.74) is 0.944. The first-order chi connectivity index (χ1) is 10.2. The summed E-state index contributed by atoms with van der Waals surface area (Å²) < 4.78 is 6.68. The second kappa shape index (κ2) is 7.23. The Kier molecular flexibility index (Phi) is 5.80. The van der Waals surface area contributed by atoms with E-state index in [1.165, 1.54) is 9.77 Å². The summed E-state index contributed by atoms with van der Waals surface area (Å²) in [7, 11) is 0. The minimum atomic E-state index is -0.456. The third-order valence-electron chi connectivity index (χ3n) is 3.35. The molecule has 6 heteroatoms. The number of rotatable bonds is 4. The molecule has 2 unspecified atom stereocenters. The lowest BCUT2D eigenvalue weighted by Crippen LogP contribution is -2.43. The minimum Gasteiger partial charge on any atom is -0.444 e. The van der Waals surface area contributed by atoms with Crippen molar-refractivity contribution < 1.29 is 9.53 Å². The van der Waals surface area contributed by atoms with Crippen LogP contribution in [0.3, 0.4) is 0 Å². The van der Waals surface area contributed by atoms with Crippen LogP contribution in [0.1, 0.15) is 52.6 Å². The number of hydrogen-bond donors (Lipinski definition) is 2. The number of nitrogens with one attached hydrogen (secondary N) is 2. The normalized spacial score (nSPS) is 22.8. The van der Waals surface area contributed by atoms with Crippen LogP contribution in [0, 0.1) is 0 Å². The van der Waals surface area contributed by atoms with Crippen LogP contribution in [0.2, 0.25) is 0 Å². The molecule has 0 saturated heterocycles. The number of carbonyl (C=O) groups excluding carboxylic acids is 1. The van der Waals surface area contributed by atoms with Gasteiger partial charge in [-0.2, -0.15) is 0 Å². The zero-order valence-electron chi connectivity index (χ0n) is 13.9. The molecule has 1 amide bonds. The van der Waals surface area contributed by atoms with E-state index >= 15 is 0 Å². The number of hydrogen-bond acceptors (Lipinski definition) is 5. The quantitative estimate of drug-likeness (QED) is 0.862. The largest absolute Gasteiger partial charge is 0.444 e. The highest BCUT2D eigenvalue weighted by atomic mass is 32.2. The van der Waals surface area contributed by atoms with Crippen molar-refractivity contribution in [3.05, 3.63) is 17.0 Å². The predicted molar refractivity (Wildman–Crippen MR) is 93.8 cm³/mol. The molecule has 0 bridgehead atoms. The Hall–Kier alpha value is -0.720. The van der Waals surface area contributed by atoms with Crippen molar-refractivity contribution in [1.82, 2.24) is 10.6 Å². The Morgan fingerprint density at radius 1 is 1.50 bits per heavy atom. The third kappa shape index (κ3) is 5.18. The number of thioether (sulfide) groups is 1. The fourth-order valence-electron chi connectivity index (χ4n) is 2.46. The lowest BCUT2D eigenvalue weighted by Gasteiger charge is -2.30. The van der Waals surface area contributed by atoms with Gasteiger partial charge in [-0.15, -0.1) is 23.1 Å². The Balaban J connectivity index is 1.83. The van der Waals surface area contributed by atoms with Gasteiger partial charge in [-0.1, -0.05) is 6.92 Å². The fourth-order valence-corrected chi connectivity index (χ4v) is 5.03. The summed E-state index contributed by atoms with van der Waals surface area (Å²) >= 11 is 3.78. The average Bonchev–Trinajstić information content (AvgIpc) is 2.82. The topological polar surface area (TPSA) is 50.4 Å². The van der Waals surface area contributed by atoms with Gasteiger partial charge < -0.3 is 15.4 Å². The molecular formula is C16H26N2O2S2. The zero-order chi connectivity index (χ0) is 16.3. The maximum absolute atomic E-state index is 11.7. The van der Waals surface area contributed by atoms with Crippen LogP contribution in [0.5, 0.6) is 0 Å². The average molecular weight is 343 g/mol. The monoisotopic (exact) mass is 342 g/mol. The van der Waals surface area contributed by atoms with Crippen LogP contribution in [0.25, 0.3) is 0 Å². The first-order valence-corrected chi connectivity index (χ1v) is 9.47. The van der Waals surface area contributed by atoms with E-state index in [4.69, 9.17) is 4.74 Å². The maximum Gasteiger partial charge on any atom is 0.407 e. The summed E-state index contributed by atoms with van der Waals surface area (Å²) in [5, 5.41) is 9.24. The maximum atomic E-state index is 11.7. The van der Waals surface area contributed by atoms with E-state index < -0.39 is 5.60 Å². The number of fused-ring (bicyclic) bond motifs is 1. The van der Waals surface area contributed by atoms with Crippen LogP contribution in [-0.2, 0) is 4.74 Å². The van der Waals surface area contributed by atoms with Gasteiger partial charge in [-0.3, -0.25) is 0 Å². The number of thiophene rings is 1. The minimum absolute atomic E-state index is 0.195. The summed E-state index contributed by atoms with van der Waals surface area (Å²) in [6.45, 7) is 10.5. The number of alkyl carbamates (subject to hydrolysis) is 1. The molecule has 0 radical (unpaired) electrons. The molecule has 0 aromatic carbocycles. The number of carbonyl (C=O) groups is 1. The molecule has 4 nitrogen and oxygen atoms in total. The highest BCUT2D eigenvalue weighted by molar-refractivity contribution is 8.01. The van der Waals surface area contributed by atoms with Gasteiger partial charge in [0.25, 0.3) is 0 Å².